The van der Waals surface area contributed by atoms with Crippen LogP contribution in [0.2, 0.25) is 0 Å². The molecule has 0 spiro atoms. The lowest BCUT2D eigenvalue weighted by molar-refractivity contribution is -0.0518. The van der Waals surface area contributed by atoms with E-state index in [1.54, 1.807) is 0 Å². The predicted octanol–water partition coefficient (Wildman–Crippen LogP) is 2.21. The summed E-state index contributed by atoms with van der Waals surface area (Å²) in [4.78, 5) is 0. The van der Waals surface area contributed by atoms with Crippen molar-refractivity contribution < 1.29 is 9.84 Å². The van der Waals surface area contributed by atoms with E-state index in [0.29, 0.717) is 11.8 Å². The first-order chi connectivity index (χ1) is 6.15. The Kier molecular flexibility index (Phi) is 4.20. The van der Waals surface area contributed by atoms with Crippen LogP contribution in [0.15, 0.2) is 0 Å². The molecule has 0 aromatic heterocycles. The molecule has 78 valence electrons. The molecule has 1 saturated carbocycles. The Balaban J connectivity index is 2.33. The zero-order chi connectivity index (χ0) is 9.84. The van der Waals surface area contributed by atoms with Crippen molar-refractivity contribution in [3.05, 3.63) is 0 Å². The van der Waals surface area contributed by atoms with E-state index in [1.807, 2.05) is 6.92 Å². The van der Waals surface area contributed by atoms with Crippen molar-refractivity contribution >= 4 is 0 Å². The van der Waals surface area contributed by atoms with E-state index in [2.05, 4.69) is 13.8 Å². The highest BCUT2D eigenvalue weighted by Gasteiger charge is 2.36. The summed E-state index contributed by atoms with van der Waals surface area (Å²) in [6.07, 6.45) is 3.18. The number of aliphatic hydroxyl groups excluding tert-OH is 1. The minimum atomic E-state index is -0.257. The highest BCUT2D eigenvalue weighted by molar-refractivity contribution is 4.87. The first-order valence-electron chi connectivity index (χ1n) is 5.44. The Morgan fingerprint density at radius 1 is 1.38 bits per heavy atom. The average Bonchev–Trinajstić information content (AvgIpc) is 2.81. The molecule has 1 aliphatic carbocycles. The summed E-state index contributed by atoms with van der Waals surface area (Å²) < 4.78 is 5.58. The average molecular weight is 186 g/mol. The maximum absolute atomic E-state index is 9.90. The number of hydrogen-bond acceptors (Lipinski definition) is 2. The van der Waals surface area contributed by atoms with Gasteiger partial charge in [-0.05, 0) is 38.0 Å². The number of ether oxygens (including phenoxy) is 1. The van der Waals surface area contributed by atoms with Crippen molar-refractivity contribution in [2.45, 2.75) is 52.2 Å². The molecule has 2 atom stereocenters. The van der Waals surface area contributed by atoms with Gasteiger partial charge < -0.3 is 9.84 Å². The Bertz CT molecular complexity index is 141. The molecule has 13 heavy (non-hydrogen) atoms. The fraction of sp³-hybridized carbons (Fsp3) is 1.00. The lowest BCUT2D eigenvalue weighted by Crippen LogP contribution is -2.32. The van der Waals surface area contributed by atoms with Crippen LogP contribution in [0.1, 0.15) is 40.0 Å². The van der Waals surface area contributed by atoms with Gasteiger partial charge in [0.05, 0.1) is 12.2 Å². The van der Waals surface area contributed by atoms with Gasteiger partial charge in [0.15, 0.2) is 0 Å². The van der Waals surface area contributed by atoms with Gasteiger partial charge >= 0.3 is 0 Å². The number of aliphatic hydroxyl groups is 1. The smallest absolute Gasteiger partial charge is 0.0861 e. The fourth-order valence-electron chi connectivity index (χ4n) is 1.80. The van der Waals surface area contributed by atoms with E-state index in [9.17, 15) is 5.11 Å². The second-order valence-corrected chi connectivity index (χ2v) is 4.45. The molecular weight excluding hydrogens is 164 g/mol. The van der Waals surface area contributed by atoms with Crippen LogP contribution in [0.25, 0.3) is 0 Å². The van der Waals surface area contributed by atoms with Gasteiger partial charge in [0.25, 0.3) is 0 Å². The molecule has 0 aromatic carbocycles. The minimum absolute atomic E-state index is 0.104. The quantitative estimate of drug-likeness (QED) is 0.689. The highest BCUT2D eigenvalue weighted by Crippen LogP contribution is 2.36. The zero-order valence-corrected chi connectivity index (χ0v) is 8.99. The second-order valence-electron chi connectivity index (χ2n) is 4.45. The minimum Gasteiger partial charge on any atom is -0.390 e. The first-order valence-corrected chi connectivity index (χ1v) is 5.44. The molecule has 0 radical (unpaired) electrons. The van der Waals surface area contributed by atoms with Gasteiger partial charge in [-0.15, -0.1) is 0 Å². The molecule has 2 unspecified atom stereocenters. The van der Waals surface area contributed by atoms with E-state index in [1.165, 1.54) is 12.8 Å². The van der Waals surface area contributed by atoms with Crippen LogP contribution in [0.3, 0.4) is 0 Å². The Labute approximate surface area is 81.3 Å². The molecule has 0 amide bonds. The van der Waals surface area contributed by atoms with Gasteiger partial charge in [-0.3, -0.25) is 0 Å². The van der Waals surface area contributed by atoms with Gasteiger partial charge in [0.2, 0.25) is 0 Å². The molecule has 2 heteroatoms. The molecule has 1 aliphatic rings. The molecule has 1 rings (SSSR count). The van der Waals surface area contributed by atoms with Crippen LogP contribution in [0.5, 0.6) is 0 Å². The van der Waals surface area contributed by atoms with E-state index in [4.69, 9.17) is 4.74 Å². The lowest BCUT2D eigenvalue weighted by atomic mass is 9.99. The summed E-state index contributed by atoms with van der Waals surface area (Å²) in [6.45, 7) is 6.99. The monoisotopic (exact) mass is 186 g/mol. The summed E-state index contributed by atoms with van der Waals surface area (Å²) in [7, 11) is 0. The van der Waals surface area contributed by atoms with Crippen molar-refractivity contribution in [3.63, 3.8) is 0 Å². The Morgan fingerprint density at radius 2 is 2.00 bits per heavy atom. The van der Waals surface area contributed by atoms with E-state index in [0.717, 1.165) is 13.0 Å². The van der Waals surface area contributed by atoms with Crippen LogP contribution < -0.4 is 0 Å². The second kappa shape index (κ2) is 4.97. The van der Waals surface area contributed by atoms with Gasteiger partial charge in [0.1, 0.15) is 0 Å². The third kappa shape index (κ3) is 3.65. The molecule has 1 fully saturated rings. The third-order valence-corrected chi connectivity index (χ3v) is 2.54. The standard InChI is InChI=1S/C11H22O2/c1-4-13-11(9-5-6-9)10(12)7-8(2)3/h8-12H,4-7H2,1-3H3. The Hall–Kier alpha value is -0.0800. The van der Waals surface area contributed by atoms with Crippen LogP contribution in [0, 0.1) is 11.8 Å². The topological polar surface area (TPSA) is 29.5 Å². The molecule has 2 nitrogen and oxygen atoms in total. The molecule has 0 saturated heterocycles. The normalized spacial score (nSPS) is 21.9. The maximum Gasteiger partial charge on any atom is 0.0861 e. The molecule has 0 heterocycles. The fourth-order valence-corrected chi connectivity index (χ4v) is 1.80. The van der Waals surface area contributed by atoms with Crippen LogP contribution in [-0.2, 0) is 4.74 Å². The van der Waals surface area contributed by atoms with Crippen LogP contribution >= 0.6 is 0 Å². The summed E-state index contributed by atoms with van der Waals surface area (Å²) >= 11 is 0. The third-order valence-electron chi connectivity index (χ3n) is 2.54. The predicted molar refractivity (Wildman–Crippen MR) is 53.6 cm³/mol. The molecule has 0 aliphatic heterocycles. The van der Waals surface area contributed by atoms with Crippen molar-refractivity contribution in [2.75, 3.05) is 6.61 Å². The molecule has 0 aromatic rings. The van der Waals surface area contributed by atoms with Crippen molar-refractivity contribution in [3.8, 4) is 0 Å². The van der Waals surface area contributed by atoms with Gasteiger partial charge in [-0.1, -0.05) is 13.8 Å². The van der Waals surface area contributed by atoms with Crippen LogP contribution in [0.4, 0.5) is 0 Å². The summed E-state index contributed by atoms with van der Waals surface area (Å²) in [5.41, 5.74) is 0. The number of rotatable bonds is 6. The Morgan fingerprint density at radius 3 is 2.38 bits per heavy atom. The first kappa shape index (κ1) is 11.0. The van der Waals surface area contributed by atoms with E-state index < -0.39 is 0 Å². The highest BCUT2D eigenvalue weighted by atomic mass is 16.5. The van der Waals surface area contributed by atoms with E-state index in [-0.39, 0.29) is 12.2 Å². The zero-order valence-electron chi connectivity index (χ0n) is 8.99. The molecule has 0 bridgehead atoms. The molecular formula is C11H22O2. The molecule has 1 N–H and O–H groups in total. The van der Waals surface area contributed by atoms with Crippen molar-refractivity contribution in [2.24, 2.45) is 11.8 Å². The van der Waals surface area contributed by atoms with E-state index >= 15 is 0 Å². The van der Waals surface area contributed by atoms with Crippen molar-refractivity contribution in [1.29, 1.82) is 0 Å². The lowest BCUT2D eigenvalue weighted by Gasteiger charge is -2.23. The SMILES string of the molecule is CCOC(C(O)CC(C)C)C1CC1. The maximum atomic E-state index is 9.90. The van der Waals surface area contributed by atoms with Crippen molar-refractivity contribution in [1.82, 2.24) is 0 Å². The van der Waals surface area contributed by atoms with Crippen LogP contribution in [-0.4, -0.2) is 23.9 Å². The van der Waals surface area contributed by atoms with Gasteiger partial charge in [0, 0.05) is 6.61 Å². The van der Waals surface area contributed by atoms with Gasteiger partial charge in [-0.2, -0.15) is 0 Å². The number of hydrogen-bond donors (Lipinski definition) is 1. The summed E-state index contributed by atoms with van der Waals surface area (Å²) in [5.74, 6) is 1.19. The summed E-state index contributed by atoms with van der Waals surface area (Å²) in [5, 5.41) is 9.90. The summed E-state index contributed by atoms with van der Waals surface area (Å²) in [6, 6.07) is 0. The van der Waals surface area contributed by atoms with Gasteiger partial charge in [-0.25, -0.2) is 0 Å². The largest absolute Gasteiger partial charge is 0.390 e.